The summed E-state index contributed by atoms with van der Waals surface area (Å²) in [4.78, 5) is 32.6. The number of aromatic nitrogens is 6. The van der Waals surface area contributed by atoms with Gasteiger partial charge in [-0.3, -0.25) is 4.79 Å². The van der Waals surface area contributed by atoms with Crippen molar-refractivity contribution in [3.05, 3.63) is 66.6 Å². The van der Waals surface area contributed by atoms with E-state index in [4.69, 9.17) is 9.72 Å². The molecule has 210 valence electrons. The van der Waals surface area contributed by atoms with Crippen LogP contribution < -0.4 is 15.0 Å². The van der Waals surface area contributed by atoms with E-state index in [2.05, 4.69) is 42.1 Å². The number of fused-ring (bicyclic) bond motifs is 4. The van der Waals surface area contributed by atoms with Crippen molar-refractivity contribution in [1.82, 2.24) is 34.2 Å². The molecule has 1 N–H and O–H groups in total. The van der Waals surface area contributed by atoms with Gasteiger partial charge in [0, 0.05) is 32.4 Å². The molecule has 5 aromatic rings. The molecular formula is C29H25FN9O2P. The van der Waals surface area contributed by atoms with E-state index in [0.29, 0.717) is 46.1 Å². The van der Waals surface area contributed by atoms with Gasteiger partial charge in [-0.25, -0.2) is 28.8 Å². The summed E-state index contributed by atoms with van der Waals surface area (Å²) in [5, 5.41) is 7.19. The molecule has 0 spiro atoms. The number of halogens is 1. The third-order valence-corrected chi connectivity index (χ3v) is 10.00. The van der Waals surface area contributed by atoms with E-state index in [0.717, 1.165) is 24.7 Å². The summed E-state index contributed by atoms with van der Waals surface area (Å²) in [6.07, 6.45) is 7.32. The lowest BCUT2D eigenvalue weighted by Gasteiger charge is -2.40. The normalized spacial score (nSPS) is 17.8. The summed E-state index contributed by atoms with van der Waals surface area (Å²) in [6, 6.07) is 10.7. The fourth-order valence-corrected chi connectivity index (χ4v) is 8.09. The summed E-state index contributed by atoms with van der Waals surface area (Å²) in [5.74, 6) is 6.97. The van der Waals surface area contributed by atoms with Gasteiger partial charge < -0.3 is 19.6 Å². The van der Waals surface area contributed by atoms with Crippen molar-refractivity contribution in [3.63, 3.8) is 0 Å². The molecule has 1 aromatic carbocycles. The van der Waals surface area contributed by atoms with E-state index < -0.39 is 13.9 Å². The second kappa shape index (κ2) is 10.5. The van der Waals surface area contributed by atoms with Crippen LogP contribution in [0.25, 0.3) is 16.7 Å². The zero-order valence-corrected chi connectivity index (χ0v) is 23.7. The Hall–Kier alpha value is -4.88. The minimum absolute atomic E-state index is 0.0813. The number of hydrogen-bond donors (Lipinski definition) is 1. The zero-order chi connectivity index (χ0) is 28.8. The second-order valence-corrected chi connectivity index (χ2v) is 12.2. The number of carbonyl (C=O) groups excluding carboxylic acids is 1. The average molecular weight is 582 g/mol. The number of ether oxygens (including phenoxy) is 1. The second-order valence-electron chi connectivity index (χ2n) is 10.0. The fourth-order valence-electron chi connectivity index (χ4n) is 5.39. The molecule has 0 aliphatic carbocycles. The van der Waals surface area contributed by atoms with Gasteiger partial charge >= 0.3 is 5.91 Å². The topological polar surface area (TPSA) is 114 Å². The number of benzene rings is 1. The Morgan fingerprint density at radius 3 is 2.93 bits per heavy atom. The lowest BCUT2D eigenvalue weighted by atomic mass is 10.1. The molecule has 11 nitrogen and oxygen atoms in total. The van der Waals surface area contributed by atoms with Crippen molar-refractivity contribution in [3.8, 4) is 23.3 Å². The van der Waals surface area contributed by atoms with E-state index in [-0.39, 0.29) is 17.6 Å². The maximum Gasteiger partial charge on any atom is 0.302 e. The highest BCUT2D eigenvalue weighted by Gasteiger charge is 2.42. The van der Waals surface area contributed by atoms with Crippen LogP contribution in [0, 0.1) is 24.6 Å². The molecule has 2 fully saturated rings. The molecule has 2 unspecified atom stereocenters. The zero-order valence-electron chi connectivity index (χ0n) is 22.8. The molecule has 13 heteroatoms. The van der Waals surface area contributed by atoms with Crippen molar-refractivity contribution in [1.29, 1.82) is 0 Å². The molecule has 2 saturated heterocycles. The first-order valence-corrected chi connectivity index (χ1v) is 15.1. The summed E-state index contributed by atoms with van der Waals surface area (Å²) in [5.41, 5.74) is 2.38. The van der Waals surface area contributed by atoms with E-state index in [1.54, 1.807) is 48.8 Å². The Labute approximate surface area is 241 Å². The molecule has 42 heavy (non-hydrogen) atoms. The third-order valence-electron chi connectivity index (χ3n) is 7.44. The number of hydrogen-bond acceptors (Lipinski definition) is 9. The molecule has 0 saturated carbocycles. The predicted molar refractivity (Wildman–Crippen MR) is 158 cm³/mol. The quantitative estimate of drug-likeness (QED) is 0.230. The van der Waals surface area contributed by atoms with Gasteiger partial charge in [-0.2, -0.15) is 5.10 Å². The molecule has 0 radical (unpaired) electrons. The van der Waals surface area contributed by atoms with Gasteiger partial charge in [0.1, 0.15) is 35.5 Å². The van der Waals surface area contributed by atoms with Crippen LogP contribution >= 0.6 is 8.07 Å². The van der Waals surface area contributed by atoms with Gasteiger partial charge in [-0.1, -0.05) is 5.92 Å². The van der Waals surface area contributed by atoms with Crippen LogP contribution in [0.5, 0.6) is 11.5 Å². The molecule has 6 heterocycles. The Balaban J connectivity index is 1.14. The first-order chi connectivity index (χ1) is 20.5. The van der Waals surface area contributed by atoms with Crippen LogP contribution in [0.2, 0.25) is 0 Å². The van der Waals surface area contributed by atoms with E-state index >= 15 is 4.39 Å². The Morgan fingerprint density at radius 2 is 2.07 bits per heavy atom. The Bertz CT molecular complexity index is 1910. The van der Waals surface area contributed by atoms with E-state index in [1.165, 1.54) is 12.7 Å². The van der Waals surface area contributed by atoms with Crippen LogP contribution in [0.3, 0.4) is 0 Å². The van der Waals surface area contributed by atoms with Gasteiger partial charge in [0.25, 0.3) is 0 Å². The molecule has 1 amide bonds. The van der Waals surface area contributed by atoms with Gasteiger partial charge in [-0.15, -0.1) is 0 Å². The summed E-state index contributed by atoms with van der Waals surface area (Å²) < 4.78 is 25.2. The number of nitrogens with one attached hydrogen (secondary N) is 1. The number of amides is 1. The van der Waals surface area contributed by atoms with Gasteiger partial charge in [0.15, 0.2) is 17.3 Å². The minimum Gasteiger partial charge on any atom is -0.457 e. The molecule has 2 aliphatic heterocycles. The van der Waals surface area contributed by atoms with Crippen molar-refractivity contribution in [2.75, 3.05) is 29.2 Å². The molecule has 2 atom stereocenters. The molecule has 2 bridgehead atoms. The van der Waals surface area contributed by atoms with E-state index in [1.807, 2.05) is 16.8 Å². The lowest BCUT2D eigenvalue weighted by molar-refractivity contribution is -0.121. The van der Waals surface area contributed by atoms with Crippen LogP contribution in [0.15, 0.2) is 55.2 Å². The number of anilines is 3. The molecule has 2 aliphatic rings. The fraction of sp³-hybridized carbons (Fsp3) is 0.241. The van der Waals surface area contributed by atoms with Gasteiger partial charge in [0.2, 0.25) is 0 Å². The van der Waals surface area contributed by atoms with Crippen molar-refractivity contribution >= 4 is 48.0 Å². The van der Waals surface area contributed by atoms with Crippen LogP contribution in [0.1, 0.15) is 18.9 Å². The first kappa shape index (κ1) is 26.0. The highest BCUT2D eigenvalue weighted by molar-refractivity contribution is 7.56. The van der Waals surface area contributed by atoms with E-state index in [9.17, 15) is 4.79 Å². The molecule has 7 rings (SSSR count). The Kier molecular flexibility index (Phi) is 6.52. The van der Waals surface area contributed by atoms with Crippen LogP contribution in [-0.2, 0) is 4.79 Å². The van der Waals surface area contributed by atoms with Crippen molar-refractivity contribution in [2.45, 2.75) is 26.3 Å². The Morgan fingerprint density at radius 1 is 1.17 bits per heavy atom. The summed E-state index contributed by atoms with van der Waals surface area (Å²) in [7, 11) is -0.649. The molecular weight excluding hydrogens is 556 g/mol. The highest BCUT2D eigenvalue weighted by atomic mass is 31.1. The van der Waals surface area contributed by atoms with Gasteiger partial charge in [0.05, 0.1) is 23.5 Å². The third kappa shape index (κ3) is 4.62. The first-order valence-electron chi connectivity index (χ1n) is 13.4. The van der Waals surface area contributed by atoms with Crippen LogP contribution in [0.4, 0.5) is 21.7 Å². The molecule has 4 aromatic heterocycles. The number of nitrogens with zero attached hydrogens (tertiary/aromatic N) is 8. The number of rotatable bonds is 5. The number of carbonyl (C=O) groups is 1. The minimum atomic E-state index is -0.649. The SMILES string of the molecule is CC#CC(=O)N1C2CCP1CN(c1ccc3ncnc(Nc4ccc(Oc5ccn6ncnc6c5)c(C)c4F)c3n1)C2. The van der Waals surface area contributed by atoms with Crippen molar-refractivity contribution in [2.24, 2.45) is 0 Å². The standard InChI is InChI=1S/C29H25FN9O2P/c1-3-4-26(40)39-19-10-12-42(39)17-37(14-19)24-8-6-22-28(36-24)29(33-15-31-22)35-21-5-7-23(18(2)27(21)30)41-20-9-11-38-25(13-20)32-16-34-38/h5-9,11,13,15-16,19H,10,12,14,17H2,1-2H3,(H,31,33,35). The summed E-state index contributed by atoms with van der Waals surface area (Å²) in [6.45, 7) is 4.03. The average Bonchev–Trinajstić information content (AvgIpc) is 3.57. The smallest absolute Gasteiger partial charge is 0.302 e. The lowest BCUT2D eigenvalue weighted by Crippen LogP contribution is -2.46. The maximum absolute atomic E-state index is 15.6. The van der Waals surface area contributed by atoms with Crippen molar-refractivity contribution < 1.29 is 13.9 Å². The largest absolute Gasteiger partial charge is 0.457 e. The maximum atomic E-state index is 15.6. The summed E-state index contributed by atoms with van der Waals surface area (Å²) >= 11 is 0. The van der Waals surface area contributed by atoms with Crippen LogP contribution in [-0.4, -0.2) is 65.2 Å². The monoisotopic (exact) mass is 581 g/mol. The highest BCUT2D eigenvalue weighted by Crippen LogP contribution is 2.53. The predicted octanol–water partition coefficient (Wildman–Crippen LogP) is 4.85. The number of pyridine rings is 2. The van der Waals surface area contributed by atoms with Gasteiger partial charge in [-0.05, 0) is 62.7 Å².